The first-order chi connectivity index (χ1) is 8.16. The SMILES string of the molecule is CN(C)c1ccc(N=C(N)C2CCCC2)cc1. The van der Waals surface area contributed by atoms with Gasteiger partial charge in [-0.25, -0.2) is 4.99 Å². The maximum atomic E-state index is 6.05. The van der Waals surface area contributed by atoms with E-state index in [0.717, 1.165) is 11.5 Å². The topological polar surface area (TPSA) is 41.6 Å². The average molecular weight is 231 g/mol. The molecule has 1 aromatic rings. The standard InChI is InChI=1S/C14H21N3/c1-17(2)13-9-7-12(8-10-13)16-14(15)11-5-3-4-6-11/h7-11H,3-6H2,1-2H3,(H2,15,16). The Balaban J connectivity index is 2.09. The van der Waals surface area contributed by atoms with Crippen LogP contribution >= 0.6 is 0 Å². The van der Waals surface area contributed by atoms with Crippen molar-refractivity contribution in [2.75, 3.05) is 19.0 Å². The zero-order valence-electron chi connectivity index (χ0n) is 10.7. The van der Waals surface area contributed by atoms with Gasteiger partial charge in [0.2, 0.25) is 0 Å². The van der Waals surface area contributed by atoms with Crippen molar-refractivity contribution in [3.8, 4) is 0 Å². The third kappa shape index (κ3) is 2.99. The Labute approximate surface area is 103 Å². The number of nitrogens with zero attached hydrogens (tertiary/aromatic N) is 2. The lowest BCUT2D eigenvalue weighted by Crippen LogP contribution is -2.20. The Hall–Kier alpha value is -1.51. The Morgan fingerprint density at radius 2 is 1.76 bits per heavy atom. The highest BCUT2D eigenvalue weighted by molar-refractivity contribution is 5.85. The number of aliphatic imine (C=N–C) groups is 1. The van der Waals surface area contributed by atoms with Gasteiger partial charge in [0.05, 0.1) is 5.69 Å². The third-order valence-corrected chi connectivity index (χ3v) is 3.40. The second kappa shape index (κ2) is 5.21. The fourth-order valence-electron chi connectivity index (χ4n) is 2.29. The van der Waals surface area contributed by atoms with E-state index in [-0.39, 0.29) is 0 Å². The quantitative estimate of drug-likeness (QED) is 0.642. The molecule has 2 N–H and O–H groups in total. The van der Waals surface area contributed by atoms with Gasteiger partial charge in [-0.3, -0.25) is 0 Å². The number of hydrogen-bond donors (Lipinski definition) is 1. The fraction of sp³-hybridized carbons (Fsp3) is 0.500. The van der Waals surface area contributed by atoms with Crippen molar-refractivity contribution in [2.24, 2.45) is 16.6 Å². The van der Waals surface area contributed by atoms with Crippen molar-refractivity contribution in [3.05, 3.63) is 24.3 Å². The molecule has 0 aromatic heterocycles. The maximum absolute atomic E-state index is 6.05. The summed E-state index contributed by atoms with van der Waals surface area (Å²) in [4.78, 5) is 6.59. The van der Waals surface area contributed by atoms with E-state index in [1.165, 1.54) is 31.4 Å². The summed E-state index contributed by atoms with van der Waals surface area (Å²) >= 11 is 0. The molecule has 0 bridgehead atoms. The van der Waals surface area contributed by atoms with Gasteiger partial charge >= 0.3 is 0 Å². The normalized spacial score (nSPS) is 17.4. The van der Waals surface area contributed by atoms with E-state index in [0.29, 0.717) is 5.92 Å². The summed E-state index contributed by atoms with van der Waals surface area (Å²) in [7, 11) is 4.07. The molecule has 0 amide bonds. The molecular formula is C14H21N3. The van der Waals surface area contributed by atoms with Gasteiger partial charge in [0.1, 0.15) is 5.84 Å². The molecule has 92 valence electrons. The number of amidine groups is 1. The molecule has 0 atom stereocenters. The Kier molecular flexibility index (Phi) is 3.67. The van der Waals surface area contributed by atoms with E-state index in [1.807, 2.05) is 26.2 Å². The molecule has 1 aromatic carbocycles. The number of hydrogen-bond acceptors (Lipinski definition) is 2. The van der Waals surface area contributed by atoms with Gasteiger partial charge in [0, 0.05) is 25.7 Å². The van der Waals surface area contributed by atoms with E-state index < -0.39 is 0 Å². The van der Waals surface area contributed by atoms with Gasteiger partial charge < -0.3 is 10.6 Å². The van der Waals surface area contributed by atoms with Crippen LogP contribution in [0.4, 0.5) is 11.4 Å². The second-order valence-corrected chi connectivity index (χ2v) is 4.93. The minimum absolute atomic E-state index is 0.503. The molecule has 1 saturated carbocycles. The number of rotatable bonds is 3. The van der Waals surface area contributed by atoms with E-state index >= 15 is 0 Å². The highest BCUT2D eigenvalue weighted by Gasteiger charge is 2.18. The molecule has 17 heavy (non-hydrogen) atoms. The summed E-state index contributed by atoms with van der Waals surface area (Å²) in [6, 6.07) is 8.19. The molecule has 1 aliphatic carbocycles. The van der Waals surface area contributed by atoms with Crippen LogP contribution in [0.3, 0.4) is 0 Å². The van der Waals surface area contributed by atoms with Crippen LogP contribution < -0.4 is 10.6 Å². The van der Waals surface area contributed by atoms with Crippen LogP contribution in [0.1, 0.15) is 25.7 Å². The highest BCUT2D eigenvalue weighted by Crippen LogP contribution is 2.26. The molecule has 3 nitrogen and oxygen atoms in total. The van der Waals surface area contributed by atoms with Crippen LogP contribution in [0, 0.1) is 5.92 Å². The van der Waals surface area contributed by atoms with E-state index in [9.17, 15) is 0 Å². The zero-order valence-corrected chi connectivity index (χ0v) is 10.7. The molecule has 0 heterocycles. The van der Waals surface area contributed by atoms with E-state index in [1.54, 1.807) is 0 Å². The number of nitrogens with two attached hydrogens (primary N) is 1. The van der Waals surface area contributed by atoms with Crippen LogP contribution in [0.15, 0.2) is 29.3 Å². The van der Waals surface area contributed by atoms with Gasteiger partial charge in [-0.05, 0) is 37.1 Å². The highest BCUT2D eigenvalue weighted by atomic mass is 15.1. The van der Waals surface area contributed by atoms with Gasteiger partial charge in [0.15, 0.2) is 0 Å². The lowest BCUT2D eigenvalue weighted by atomic mass is 10.1. The molecule has 0 aliphatic heterocycles. The first kappa shape index (κ1) is 12.0. The van der Waals surface area contributed by atoms with E-state index in [4.69, 9.17) is 5.73 Å². The summed E-state index contributed by atoms with van der Waals surface area (Å²) < 4.78 is 0. The van der Waals surface area contributed by atoms with Gasteiger partial charge in [0.25, 0.3) is 0 Å². The lowest BCUT2D eigenvalue weighted by molar-refractivity contribution is 0.722. The molecule has 0 saturated heterocycles. The first-order valence-electron chi connectivity index (χ1n) is 6.28. The van der Waals surface area contributed by atoms with Gasteiger partial charge in [-0.1, -0.05) is 12.8 Å². The van der Waals surface area contributed by atoms with Crippen LogP contribution in [-0.2, 0) is 0 Å². The Morgan fingerprint density at radius 1 is 1.18 bits per heavy atom. The van der Waals surface area contributed by atoms with E-state index in [2.05, 4.69) is 22.0 Å². The molecule has 1 aliphatic rings. The maximum Gasteiger partial charge on any atom is 0.103 e. The molecule has 2 rings (SSSR count). The largest absolute Gasteiger partial charge is 0.387 e. The van der Waals surface area contributed by atoms with Crippen molar-refractivity contribution in [2.45, 2.75) is 25.7 Å². The van der Waals surface area contributed by atoms with Gasteiger partial charge in [-0.2, -0.15) is 0 Å². The second-order valence-electron chi connectivity index (χ2n) is 4.93. The number of benzene rings is 1. The average Bonchev–Trinajstić information content (AvgIpc) is 2.83. The van der Waals surface area contributed by atoms with Gasteiger partial charge in [-0.15, -0.1) is 0 Å². The molecule has 3 heteroatoms. The number of anilines is 1. The molecule has 0 spiro atoms. The van der Waals surface area contributed by atoms with Crippen LogP contribution in [-0.4, -0.2) is 19.9 Å². The molecule has 1 fully saturated rings. The van der Waals surface area contributed by atoms with Crippen LogP contribution in [0.25, 0.3) is 0 Å². The summed E-state index contributed by atoms with van der Waals surface area (Å²) in [6.45, 7) is 0. The predicted molar refractivity (Wildman–Crippen MR) is 74.0 cm³/mol. The first-order valence-corrected chi connectivity index (χ1v) is 6.28. The molecule has 0 unspecified atom stereocenters. The minimum atomic E-state index is 0.503. The Morgan fingerprint density at radius 3 is 2.29 bits per heavy atom. The van der Waals surface area contributed by atoms with Crippen molar-refractivity contribution in [1.29, 1.82) is 0 Å². The van der Waals surface area contributed by atoms with Crippen LogP contribution in [0.2, 0.25) is 0 Å². The lowest BCUT2D eigenvalue weighted by Gasteiger charge is -2.12. The summed E-state index contributed by atoms with van der Waals surface area (Å²) in [6.07, 6.45) is 4.98. The predicted octanol–water partition coefficient (Wildman–Crippen LogP) is 2.93. The third-order valence-electron chi connectivity index (χ3n) is 3.40. The zero-order chi connectivity index (χ0) is 12.3. The minimum Gasteiger partial charge on any atom is -0.387 e. The summed E-state index contributed by atoms with van der Waals surface area (Å²) in [5, 5.41) is 0. The van der Waals surface area contributed by atoms with Crippen molar-refractivity contribution >= 4 is 17.2 Å². The molecule has 0 radical (unpaired) electrons. The van der Waals surface area contributed by atoms with Crippen LogP contribution in [0.5, 0.6) is 0 Å². The summed E-state index contributed by atoms with van der Waals surface area (Å²) in [5.41, 5.74) is 8.19. The van der Waals surface area contributed by atoms with Crippen molar-refractivity contribution in [3.63, 3.8) is 0 Å². The van der Waals surface area contributed by atoms with Crippen molar-refractivity contribution < 1.29 is 0 Å². The fourth-order valence-corrected chi connectivity index (χ4v) is 2.29. The monoisotopic (exact) mass is 231 g/mol. The Bertz CT molecular complexity index is 386. The smallest absolute Gasteiger partial charge is 0.103 e. The summed E-state index contributed by atoms with van der Waals surface area (Å²) in [5.74, 6) is 1.31. The molecular weight excluding hydrogens is 210 g/mol. The van der Waals surface area contributed by atoms with Crippen molar-refractivity contribution in [1.82, 2.24) is 0 Å².